The van der Waals surface area contributed by atoms with Gasteiger partial charge in [0.25, 0.3) is 0 Å². The van der Waals surface area contributed by atoms with Crippen molar-refractivity contribution in [3.05, 3.63) is 22.4 Å². The van der Waals surface area contributed by atoms with Crippen molar-refractivity contribution in [2.24, 2.45) is 0 Å². The lowest BCUT2D eigenvalue weighted by Crippen LogP contribution is -2.31. The molecule has 0 radical (unpaired) electrons. The Morgan fingerprint density at radius 2 is 2.25 bits per heavy atom. The predicted octanol–water partition coefficient (Wildman–Crippen LogP) is 3.49. The fourth-order valence-electron chi connectivity index (χ4n) is 1.83. The third kappa shape index (κ3) is 3.28. The largest absolute Gasteiger partial charge is 0.298 e. The highest BCUT2D eigenvalue weighted by Gasteiger charge is 2.28. The molecule has 2 heterocycles. The SMILES string of the molecule is CC1SCCSC1C(=O)CCc1ccsc1. The van der Waals surface area contributed by atoms with Gasteiger partial charge in [-0.1, -0.05) is 6.92 Å². The molecule has 1 aromatic heterocycles. The minimum atomic E-state index is 0.234. The number of rotatable bonds is 4. The van der Waals surface area contributed by atoms with E-state index in [1.54, 1.807) is 11.3 Å². The number of hydrogen-bond donors (Lipinski definition) is 0. The van der Waals surface area contributed by atoms with Gasteiger partial charge >= 0.3 is 0 Å². The third-order valence-electron chi connectivity index (χ3n) is 2.75. The topological polar surface area (TPSA) is 17.1 Å². The second-order valence-electron chi connectivity index (χ2n) is 3.97. The smallest absolute Gasteiger partial charge is 0.147 e. The Labute approximate surface area is 109 Å². The van der Waals surface area contributed by atoms with E-state index in [4.69, 9.17) is 0 Å². The lowest BCUT2D eigenvalue weighted by atomic mass is 10.1. The summed E-state index contributed by atoms with van der Waals surface area (Å²) in [6, 6.07) is 2.12. The molecule has 0 N–H and O–H groups in total. The summed E-state index contributed by atoms with van der Waals surface area (Å²) in [6.45, 7) is 2.18. The molecule has 1 aliphatic rings. The van der Waals surface area contributed by atoms with Crippen LogP contribution < -0.4 is 0 Å². The van der Waals surface area contributed by atoms with Crippen LogP contribution in [0.4, 0.5) is 0 Å². The molecule has 0 aromatic carbocycles. The number of Topliss-reactive ketones (excluding diaryl/α,β-unsaturated/α-hetero) is 1. The maximum Gasteiger partial charge on any atom is 0.147 e. The molecule has 1 aliphatic heterocycles. The van der Waals surface area contributed by atoms with E-state index in [9.17, 15) is 4.79 Å². The van der Waals surface area contributed by atoms with E-state index in [0.29, 0.717) is 17.5 Å². The molecule has 88 valence electrons. The van der Waals surface area contributed by atoms with Gasteiger partial charge in [-0.3, -0.25) is 4.79 Å². The van der Waals surface area contributed by atoms with Crippen LogP contribution in [0.25, 0.3) is 0 Å². The van der Waals surface area contributed by atoms with Gasteiger partial charge < -0.3 is 0 Å². The second-order valence-corrected chi connectivity index (χ2v) is 7.48. The summed E-state index contributed by atoms with van der Waals surface area (Å²) in [7, 11) is 0. The minimum absolute atomic E-state index is 0.234. The summed E-state index contributed by atoms with van der Waals surface area (Å²) >= 11 is 5.49. The van der Waals surface area contributed by atoms with Gasteiger partial charge in [0.1, 0.15) is 5.78 Å². The lowest BCUT2D eigenvalue weighted by Gasteiger charge is -2.26. The first-order valence-electron chi connectivity index (χ1n) is 5.54. The molecular formula is C12H16OS3. The molecule has 0 bridgehead atoms. The van der Waals surface area contributed by atoms with E-state index in [1.807, 2.05) is 23.5 Å². The molecule has 2 rings (SSSR count). The summed E-state index contributed by atoms with van der Waals surface area (Å²) < 4.78 is 0. The second kappa shape index (κ2) is 6.12. The van der Waals surface area contributed by atoms with Crippen molar-refractivity contribution in [2.45, 2.75) is 30.3 Å². The van der Waals surface area contributed by atoms with Crippen LogP contribution in [-0.2, 0) is 11.2 Å². The van der Waals surface area contributed by atoms with Crippen molar-refractivity contribution in [3.63, 3.8) is 0 Å². The molecule has 1 aromatic rings. The maximum absolute atomic E-state index is 12.1. The average molecular weight is 272 g/mol. The first-order valence-corrected chi connectivity index (χ1v) is 8.58. The fourth-order valence-corrected chi connectivity index (χ4v) is 5.30. The lowest BCUT2D eigenvalue weighted by molar-refractivity contribution is -0.118. The zero-order chi connectivity index (χ0) is 11.4. The first kappa shape index (κ1) is 12.5. The van der Waals surface area contributed by atoms with E-state index < -0.39 is 0 Å². The van der Waals surface area contributed by atoms with Crippen molar-refractivity contribution >= 4 is 40.6 Å². The van der Waals surface area contributed by atoms with Crippen LogP contribution in [0.1, 0.15) is 18.9 Å². The summed E-state index contributed by atoms with van der Waals surface area (Å²) in [5.41, 5.74) is 1.31. The van der Waals surface area contributed by atoms with Gasteiger partial charge in [0, 0.05) is 23.2 Å². The molecule has 0 spiro atoms. The number of carbonyl (C=O) groups is 1. The maximum atomic E-state index is 12.1. The molecule has 1 fully saturated rings. The molecule has 1 saturated heterocycles. The fraction of sp³-hybridized carbons (Fsp3) is 0.583. The van der Waals surface area contributed by atoms with E-state index in [2.05, 4.69) is 23.8 Å². The van der Waals surface area contributed by atoms with Gasteiger partial charge in [0.15, 0.2) is 0 Å². The minimum Gasteiger partial charge on any atom is -0.298 e. The van der Waals surface area contributed by atoms with Crippen molar-refractivity contribution in [1.29, 1.82) is 0 Å². The molecule has 2 unspecified atom stereocenters. The van der Waals surface area contributed by atoms with Gasteiger partial charge in [-0.2, -0.15) is 23.1 Å². The predicted molar refractivity (Wildman–Crippen MR) is 75.8 cm³/mol. The number of thiophene rings is 1. The molecule has 1 nitrogen and oxygen atoms in total. The van der Waals surface area contributed by atoms with Crippen LogP contribution in [0.3, 0.4) is 0 Å². The molecule has 0 amide bonds. The Hall–Kier alpha value is 0.0700. The molecule has 0 saturated carbocycles. The highest BCUT2D eigenvalue weighted by atomic mass is 32.2. The summed E-state index contributed by atoms with van der Waals surface area (Å²) in [6.07, 6.45) is 1.62. The Balaban J connectivity index is 1.83. The molecule has 4 heteroatoms. The van der Waals surface area contributed by atoms with Gasteiger partial charge in [0.05, 0.1) is 5.25 Å². The zero-order valence-electron chi connectivity index (χ0n) is 9.35. The molecule has 2 atom stereocenters. The van der Waals surface area contributed by atoms with Gasteiger partial charge in [-0.15, -0.1) is 11.8 Å². The van der Waals surface area contributed by atoms with Crippen LogP contribution in [0.5, 0.6) is 0 Å². The standard InChI is InChI=1S/C12H16OS3/c1-9-12(16-7-6-15-9)11(13)3-2-10-4-5-14-8-10/h4-5,8-9,12H,2-3,6-7H2,1H3. The van der Waals surface area contributed by atoms with Crippen molar-refractivity contribution < 1.29 is 4.79 Å². The van der Waals surface area contributed by atoms with E-state index >= 15 is 0 Å². The Bertz CT molecular complexity index is 334. The number of hydrogen-bond acceptors (Lipinski definition) is 4. The van der Waals surface area contributed by atoms with Gasteiger partial charge in [-0.25, -0.2) is 0 Å². The van der Waals surface area contributed by atoms with Crippen LogP contribution in [0.15, 0.2) is 16.8 Å². The average Bonchev–Trinajstić information content (AvgIpc) is 2.79. The summed E-state index contributed by atoms with van der Waals surface area (Å²) in [4.78, 5) is 12.1. The van der Waals surface area contributed by atoms with Crippen molar-refractivity contribution in [3.8, 4) is 0 Å². The van der Waals surface area contributed by atoms with Crippen LogP contribution in [-0.4, -0.2) is 27.8 Å². The number of ketones is 1. The number of carbonyl (C=O) groups excluding carboxylic acids is 1. The molecule has 16 heavy (non-hydrogen) atoms. The van der Waals surface area contributed by atoms with E-state index in [-0.39, 0.29) is 5.25 Å². The van der Waals surface area contributed by atoms with Gasteiger partial charge in [-0.05, 0) is 28.8 Å². The van der Waals surface area contributed by atoms with E-state index in [1.165, 1.54) is 11.3 Å². The Kier molecular flexibility index (Phi) is 4.79. The number of thioether (sulfide) groups is 2. The number of aryl methyl sites for hydroxylation is 1. The highest BCUT2D eigenvalue weighted by molar-refractivity contribution is 8.07. The molecule has 0 aliphatic carbocycles. The molecular weight excluding hydrogens is 256 g/mol. The monoisotopic (exact) mass is 272 g/mol. The van der Waals surface area contributed by atoms with Crippen molar-refractivity contribution in [2.75, 3.05) is 11.5 Å². The first-order chi connectivity index (χ1) is 7.77. The van der Waals surface area contributed by atoms with Gasteiger partial charge in [0.2, 0.25) is 0 Å². The summed E-state index contributed by atoms with van der Waals surface area (Å²) in [5, 5.41) is 4.94. The Morgan fingerprint density at radius 1 is 1.44 bits per heavy atom. The highest BCUT2D eigenvalue weighted by Crippen LogP contribution is 2.32. The zero-order valence-corrected chi connectivity index (χ0v) is 11.8. The van der Waals surface area contributed by atoms with Crippen LogP contribution in [0.2, 0.25) is 0 Å². The normalized spacial score (nSPS) is 25.6. The Morgan fingerprint density at radius 3 is 2.94 bits per heavy atom. The van der Waals surface area contributed by atoms with Crippen LogP contribution >= 0.6 is 34.9 Å². The quantitative estimate of drug-likeness (QED) is 0.835. The van der Waals surface area contributed by atoms with E-state index in [0.717, 1.165) is 12.2 Å². The summed E-state index contributed by atoms with van der Waals surface area (Å²) in [5.74, 6) is 2.76. The van der Waals surface area contributed by atoms with Crippen LogP contribution in [0, 0.1) is 0 Å². The third-order valence-corrected chi connectivity index (χ3v) is 6.62. The van der Waals surface area contributed by atoms with Crippen molar-refractivity contribution in [1.82, 2.24) is 0 Å².